The summed E-state index contributed by atoms with van der Waals surface area (Å²) in [4.78, 5) is 35.2. The zero-order valence-electron chi connectivity index (χ0n) is 52.8. The molecule has 0 saturated heterocycles. The van der Waals surface area contributed by atoms with Crippen molar-refractivity contribution in [1.29, 1.82) is 0 Å². The monoisotopic (exact) mass is 1150 g/mol. The quantitative estimate of drug-likeness (QED) is 0.0264. The van der Waals surface area contributed by atoms with Crippen molar-refractivity contribution in [2.75, 3.05) is 26.4 Å². The summed E-state index contributed by atoms with van der Waals surface area (Å²) in [5.41, 5.74) is 5.39. The zero-order chi connectivity index (χ0) is 58.7. The molecule has 0 aromatic carbocycles. The summed E-state index contributed by atoms with van der Waals surface area (Å²) < 4.78 is 33.0. The lowest BCUT2D eigenvalue weighted by Gasteiger charge is -2.19. The van der Waals surface area contributed by atoms with Crippen LogP contribution in [0.3, 0.4) is 0 Å². The Kier molecular flexibility index (Phi) is 64.0. The van der Waals surface area contributed by atoms with E-state index < -0.39 is 26.5 Å². The molecule has 0 radical (unpaired) electrons. The number of nitrogens with two attached hydrogens (primary N) is 1. The average molecular weight is 1150 g/mol. The summed E-state index contributed by atoms with van der Waals surface area (Å²) in [5, 5.41) is 0. The Morgan fingerprint density at radius 2 is 0.679 bits per heavy atom. The number of unbranched alkanes of at least 4 members (excludes halogenated alkanes) is 37. The Hall–Kier alpha value is -2.81. The molecule has 3 N–H and O–H groups in total. The highest BCUT2D eigenvalue weighted by Crippen LogP contribution is 2.43. The SMILES string of the molecule is CC/C=C\C/C=C\C/C=C\C/C=C\C/C=C\CCCCCC(=O)OC(COC(=O)CCCCCCCCCCCCCCCCCCCCCCCCCCCCCCC/C=C\C/C=C\CCCCCCC)COP(=O)(O)OCCN. The second-order valence-electron chi connectivity index (χ2n) is 22.7. The van der Waals surface area contributed by atoms with Crippen LogP contribution in [0.15, 0.2) is 85.1 Å². The van der Waals surface area contributed by atoms with Crippen LogP contribution in [0.25, 0.3) is 0 Å². The van der Waals surface area contributed by atoms with E-state index in [4.69, 9.17) is 24.3 Å². The molecule has 2 atom stereocenters. The maximum Gasteiger partial charge on any atom is 0.472 e. The van der Waals surface area contributed by atoms with Crippen molar-refractivity contribution in [3.05, 3.63) is 85.1 Å². The summed E-state index contributed by atoms with van der Waals surface area (Å²) in [5.74, 6) is -0.858. The van der Waals surface area contributed by atoms with Crippen LogP contribution in [-0.4, -0.2) is 49.3 Å². The highest BCUT2D eigenvalue weighted by Gasteiger charge is 2.26. The summed E-state index contributed by atoms with van der Waals surface area (Å²) in [6.07, 6.45) is 88.5. The third-order valence-electron chi connectivity index (χ3n) is 14.8. The van der Waals surface area contributed by atoms with Crippen LogP contribution < -0.4 is 5.73 Å². The lowest BCUT2D eigenvalue weighted by molar-refractivity contribution is -0.161. The lowest BCUT2D eigenvalue weighted by atomic mass is 10.0. The van der Waals surface area contributed by atoms with Crippen molar-refractivity contribution in [1.82, 2.24) is 0 Å². The number of allylic oxidation sites excluding steroid dienone is 14. The number of hydrogen-bond donors (Lipinski definition) is 2. The van der Waals surface area contributed by atoms with Gasteiger partial charge in [0.05, 0.1) is 13.2 Å². The van der Waals surface area contributed by atoms with Crippen molar-refractivity contribution in [2.45, 2.75) is 328 Å². The van der Waals surface area contributed by atoms with Crippen LogP contribution in [0.1, 0.15) is 322 Å². The van der Waals surface area contributed by atoms with Crippen molar-refractivity contribution in [2.24, 2.45) is 5.73 Å². The Bertz CT molecular complexity index is 1600. The fourth-order valence-corrected chi connectivity index (χ4v) is 10.5. The number of rotatable bonds is 64. The lowest BCUT2D eigenvalue weighted by Crippen LogP contribution is -2.29. The van der Waals surface area contributed by atoms with Gasteiger partial charge in [-0.25, -0.2) is 4.57 Å². The van der Waals surface area contributed by atoms with Crippen LogP contribution in [0, 0.1) is 0 Å². The molecule has 470 valence electrons. The average Bonchev–Trinajstić information content (AvgIpc) is 3.46. The molecule has 0 bridgehead atoms. The van der Waals surface area contributed by atoms with Gasteiger partial charge in [-0.05, 0) is 89.9 Å². The van der Waals surface area contributed by atoms with E-state index >= 15 is 0 Å². The smallest absolute Gasteiger partial charge is 0.462 e. The van der Waals surface area contributed by atoms with Crippen LogP contribution in [0.2, 0.25) is 0 Å². The van der Waals surface area contributed by atoms with Crippen molar-refractivity contribution in [3.8, 4) is 0 Å². The molecule has 0 amide bonds. The van der Waals surface area contributed by atoms with E-state index in [1.54, 1.807) is 0 Å². The maximum atomic E-state index is 12.7. The largest absolute Gasteiger partial charge is 0.472 e. The Morgan fingerprint density at radius 1 is 0.383 bits per heavy atom. The summed E-state index contributed by atoms with van der Waals surface area (Å²) >= 11 is 0. The first kappa shape index (κ1) is 78.2. The minimum atomic E-state index is -4.40. The molecule has 0 heterocycles. The number of carbonyl (C=O) groups excluding carboxylic acids is 2. The van der Waals surface area contributed by atoms with E-state index in [1.165, 1.54) is 212 Å². The van der Waals surface area contributed by atoms with Gasteiger partial charge in [-0.3, -0.25) is 18.6 Å². The molecule has 2 unspecified atom stereocenters. The Morgan fingerprint density at radius 3 is 1.02 bits per heavy atom. The number of ether oxygens (including phenoxy) is 2. The highest BCUT2D eigenvalue weighted by molar-refractivity contribution is 7.47. The molecule has 0 fully saturated rings. The standard InChI is InChI=1S/C71H128NO8P/c1-3-5-7-9-11-13-15-17-19-21-23-24-25-26-27-28-29-30-31-32-33-34-35-36-37-38-39-40-41-42-43-44-46-47-49-51-53-55-57-59-61-63-70(73)77-67-69(68-79-81(75,76)78-66-65-72)80-71(74)64-62-60-58-56-54-52-50-48-45-22-20-18-16-14-12-10-8-6-4-2/h6,8,12,14-15,17-18,20-21,23,45,48,52,54,69H,3-5,7,9-11,13,16,19,22,24-44,46-47,49-51,53,55-68,72H2,1-2H3,(H,75,76)/b8-6-,14-12-,17-15-,20-18-,23-21-,48-45-,54-52-. The first-order chi connectivity index (χ1) is 39.8. The molecule has 0 aromatic rings. The fourth-order valence-electron chi connectivity index (χ4n) is 9.76. The van der Waals surface area contributed by atoms with Gasteiger partial charge in [0.15, 0.2) is 6.10 Å². The molecule has 10 heteroatoms. The first-order valence-electron chi connectivity index (χ1n) is 34.1. The summed E-state index contributed by atoms with van der Waals surface area (Å²) in [6.45, 7) is 3.61. The molecule has 0 aromatic heterocycles. The number of phosphoric ester groups is 1. The van der Waals surface area contributed by atoms with Crippen LogP contribution in [0.4, 0.5) is 0 Å². The van der Waals surface area contributed by atoms with E-state index in [9.17, 15) is 19.0 Å². The van der Waals surface area contributed by atoms with Crippen molar-refractivity contribution in [3.63, 3.8) is 0 Å². The Labute approximate surface area is 500 Å². The third-order valence-corrected chi connectivity index (χ3v) is 15.7. The fraction of sp³-hybridized carbons (Fsp3) is 0.775. The Balaban J connectivity index is 3.77. The summed E-state index contributed by atoms with van der Waals surface area (Å²) in [6, 6.07) is 0. The van der Waals surface area contributed by atoms with Gasteiger partial charge in [0, 0.05) is 19.4 Å². The van der Waals surface area contributed by atoms with Crippen molar-refractivity contribution < 1.29 is 37.6 Å². The van der Waals surface area contributed by atoms with Gasteiger partial charge < -0.3 is 20.1 Å². The molecular formula is C71H128NO8P. The molecule has 81 heavy (non-hydrogen) atoms. The minimum absolute atomic E-state index is 0.0454. The predicted octanol–water partition coefficient (Wildman–Crippen LogP) is 22.2. The van der Waals surface area contributed by atoms with E-state index in [1.807, 2.05) is 0 Å². The molecular weight excluding hydrogens is 1030 g/mol. The van der Waals surface area contributed by atoms with Crippen LogP contribution >= 0.6 is 7.82 Å². The van der Waals surface area contributed by atoms with Gasteiger partial charge in [-0.2, -0.15) is 0 Å². The van der Waals surface area contributed by atoms with Gasteiger partial charge in [0.2, 0.25) is 0 Å². The van der Waals surface area contributed by atoms with Gasteiger partial charge in [-0.1, -0.05) is 304 Å². The maximum absolute atomic E-state index is 12.7. The number of carbonyl (C=O) groups is 2. The van der Waals surface area contributed by atoms with Gasteiger partial charge in [0.1, 0.15) is 6.61 Å². The van der Waals surface area contributed by atoms with Gasteiger partial charge in [-0.15, -0.1) is 0 Å². The van der Waals surface area contributed by atoms with E-state index in [-0.39, 0.29) is 38.6 Å². The highest BCUT2D eigenvalue weighted by atomic mass is 31.2. The zero-order valence-corrected chi connectivity index (χ0v) is 53.7. The molecule has 0 aliphatic carbocycles. The van der Waals surface area contributed by atoms with Crippen molar-refractivity contribution >= 4 is 19.8 Å². The molecule has 0 rings (SSSR count). The van der Waals surface area contributed by atoms with E-state index in [2.05, 4.69) is 98.9 Å². The van der Waals surface area contributed by atoms with E-state index in [0.29, 0.717) is 6.42 Å². The molecule has 0 aliphatic rings. The first-order valence-corrected chi connectivity index (χ1v) is 35.6. The molecule has 0 aliphatic heterocycles. The molecule has 0 saturated carbocycles. The van der Waals surface area contributed by atoms with Crippen LogP contribution in [-0.2, 0) is 32.7 Å². The van der Waals surface area contributed by atoms with E-state index in [0.717, 1.165) is 77.0 Å². The minimum Gasteiger partial charge on any atom is -0.462 e. The summed E-state index contributed by atoms with van der Waals surface area (Å²) in [7, 11) is -4.40. The number of esters is 2. The molecule has 9 nitrogen and oxygen atoms in total. The second-order valence-corrected chi connectivity index (χ2v) is 24.1. The molecule has 0 spiro atoms. The van der Waals surface area contributed by atoms with Gasteiger partial charge in [0.25, 0.3) is 0 Å². The number of hydrogen-bond acceptors (Lipinski definition) is 8. The normalized spacial score (nSPS) is 13.5. The number of phosphoric acid groups is 1. The topological polar surface area (TPSA) is 134 Å². The second kappa shape index (κ2) is 66.3. The predicted molar refractivity (Wildman–Crippen MR) is 349 cm³/mol. The van der Waals surface area contributed by atoms with Gasteiger partial charge >= 0.3 is 19.8 Å². The third kappa shape index (κ3) is 66.2. The van der Waals surface area contributed by atoms with Crippen LogP contribution in [0.5, 0.6) is 0 Å².